The zero-order valence-electron chi connectivity index (χ0n) is 11.5. The summed E-state index contributed by atoms with van der Waals surface area (Å²) < 4.78 is 0. The standard InChI is InChI=1S/C13H27N3O/c1-13(2,3)15-8-7-14-11-12(17)16-9-5-4-6-10-16/h14-15H,4-11H2,1-3H3. The van der Waals surface area contributed by atoms with Gasteiger partial charge in [-0.2, -0.15) is 0 Å². The van der Waals surface area contributed by atoms with Crippen LogP contribution in [0.1, 0.15) is 40.0 Å². The van der Waals surface area contributed by atoms with Gasteiger partial charge in [-0.1, -0.05) is 0 Å². The Labute approximate surface area is 105 Å². The summed E-state index contributed by atoms with van der Waals surface area (Å²) in [5.74, 6) is 0.250. The Morgan fingerprint density at radius 1 is 1.12 bits per heavy atom. The van der Waals surface area contributed by atoms with Crippen LogP contribution in [0.2, 0.25) is 0 Å². The van der Waals surface area contributed by atoms with E-state index < -0.39 is 0 Å². The molecular formula is C13H27N3O. The summed E-state index contributed by atoms with van der Waals surface area (Å²) in [7, 11) is 0. The summed E-state index contributed by atoms with van der Waals surface area (Å²) in [5.41, 5.74) is 0.151. The molecule has 1 rings (SSSR count). The van der Waals surface area contributed by atoms with Crippen LogP contribution in [-0.4, -0.2) is 49.1 Å². The Balaban J connectivity index is 2.04. The van der Waals surface area contributed by atoms with Crippen molar-refractivity contribution in [3.8, 4) is 0 Å². The van der Waals surface area contributed by atoms with Crippen LogP contribution in [-0.2, 0) is 4.79 Å². The van der Waals surface area contributed by atoms with Gasteiger partial charge < -0.3 is 15.5 Å². The zero-order valence-corrected chi connectivity index (χ0v) is 11.5. The van der Waals surface area contributed by atoms with Gasteiger partial charge in [0.15, 0.2) is 0 Å². The first-order chi connectivity index (χ1) is 7.99. The van der Waals surface area contributed by atoms with E-state index in [-0.39, 0.29) is 11.4 Å². The molecule has 1 amide bonds. The van der Waals surface area contributed by atoms with Crippen LogP contribution in [0.5, 0.6) is 0 Å². The van der Waals surface area contributed by atoms with Gasteiger partial charge >= 0.3 is 0 Å². The van der Waals surface area contributed by atoms with Gasteiger partial charge in [0, 0.05) is 31.7 Å². The molecule has 4 heteroatoms. The predicted molar refractivity (Wildman–Crippen MR) is 71.1 cm³/mol. The molecule has 1 fully saturated rings. The molecular weight excluding hydrogens is 214 g/mol. The van der Waals surface area contributed by atoms with Crippen molar-refractivity contribution in [3.05, 3.63) is 0 Å². The third kappa shape index (κ3) is 6.64. The third-order valence-corrected chi connectivity index (χ3v) is 2.94. The molecule has 0 spiro atoms. The quantitative estimate of drug-likeness (QED) is 0.705. The van der Waals surface area contributed by atoms with Crippen molar-refractivity contribution in [2.75, 3.05) is 32.7 Å². The number of hydrogen-bond acceptors (Lipinski definition) is 3. The summed E-state index contributed by atoms with van der Waals surface area (Å²) in [4.78, 5) is 13.8. The fourth-order valence-electron chi connectivity index (χ4n) is 1.98. The fraction of sp³-hybridized carbons (Fsp3) is 0.923. The van der Waals surface area contributed by atoms with Crippen LogP contribution in [0, 0.1) is 0 Å². The highest BCUT2D eigenvalue weighted by Crippen LogP contribution is 2.08. The zero-order chi connectivity index (χ0) is 12.7. The number of likely N-dealkylation sites (tertiary alicyclic amines) is 1. The first-order valence-corrected chi connectivity index (χ1v) is 6.72. The second kappa shape index (κ2) is 6.97. The summed E-state index contributed by atoms with van der Waals surface area (Å²) in [6, 6.07) is 0. The molecule has 2 N–H and O–H groups in total. The van der Waals surface area contributed by atoms with Crippen molar-refractivity contribution in [1.29, 1.82) is 0 Å². The smallest absolute Gasteiger partial charge is 0.236 e. The van der Waals surface area contributed by atoms with Crippen molar-refractivity contribution in [1.82, 2.24) is 15.5 Å². The minimum atomic E-state index is 0.151. The number of carbonyl (C=O) groups is 1. The van der Waals surface area contributed by atoms with Gasteiger partial charge in [0.1, 0.15) is 0 Å². The Morgan fingerprint density at radius 3 is 2.35 bits per heavy atom. The van der Waals surface area contributed by atoms with Crippen molar-refractivity contribution in [2.45, 2.75) is 45.6 Å². The molecule has 0 radical (unpaired) electrons. The molecule has 0 unspecified atom stereocenters. The van der Waals surface area contributed by atoms with Gasteiger partial charge in [-0.3, -0.25) is 4.79 Å². The summed E-state index contributed by atoms with van der Waals surface area (Å²) in [5, 5.41) is 6.59. The van der Waals surface area contributed by atoms with Gasteiger partial charge in [0.2, 0.25) is 5.91 Å². The maximum Gasteiger partial charge on any atom is 0.236 e. The van der Waals surface area contributed by atoms with Gasteiger partial charge in [0.05, 0.1) is 6.54 Å². The van der Waals surface area contributed by atoms with Crippen LogP contribution in [0.25, 0.3) is 0 Å². The van der Waals surface area contributed by atoms with E-state index in [4.69, 9.17) is 0 Å². The Hall–Kier alpha value is -0.610. The summed E-state index contributed by atoms with van der Waals surface area (Å²) in [6.07, 6.45) is 3.60. The molecule has 0 aliphatic carbocycles. The number of hydrogen-bond donors (Lipinski definition) is 2. The first kappa shape index (κ1) is 14.5. The number of carbonyl (C=O) groups excluding carboxylic acids is 1. The molecule has 17 heavy (non-hydrogen) atoms. The molecule has 0 aromatic heterocycles. The van der Waals surface area contributed by atoms with Crippen LogP contribution >= 0.6 is 0 Å². The summed E-state index contributed by atoms with van der Waals surface area (Å²) in [6.45, 7) is 10.5. The average Bonchev–Trinajstić information content (AvgIpc) is 2.28. The molecule has 1 aliphatic rings. The minimum absolute atomic E-state index is 0.151. The fourth-order valence-corrected chi connectivity index (χ4v) is 1.98. The molecule has 0 bridgehead atoms. The molecule has 1 heterocycles. The van der Waals surface area contributed by atoms with Crippen LogP contribution < -0.4 is 10.6 Å². The monoisotopic (exact) mass is 241 g/mol. The second-order valence-electron chi connectivity index (χ2n) is 5.80. The van der Waals surface area contributed by atoms with E-state index in [0.717, 1.165) is 39.0 Å². The SMILES string of the molecule is CC(C)(C)NCCNCC(=O)N1CCCCC1. The van der Waals surface area contributed by atoms with Crippen LogP contribution in [0.3, 0.4) is 0 Å². The lowest BCUT2D eigenvalue weighted by molar-refractivity contribution is -0.131. The van der Waals surface area contributed by atoms with Crippen LogP contribution in [0.4, 0.5) is 0 Å². The van der Waals surface area contributed by atoms with Gasteiger partial charge in [-0.05, 0) is 40.0 Å². The summed E-state index contributed by atoms with van der Waals surface area (Å²) >= 11 is 0. The van der Waals surface area contributed by atoms with Crippen molar-refractivity contribution < 1.29 is 4.79 Å². The number of piperidine rings is 1. The number of rotatable bonds is 5. The van der Waals surface area contributed by atoms with E-state index >= 15 is 0 Å². The van der Waals surface area contributed by atoms with Crippen LogP contribution in [0.15, 0.2) is 0 Å². The molecule has 0 atom stereocenters. The highest BCUT2D eigenvalue weighted by atomic mass is 16.2. The van der Waals surface area contributed by atoms with Crippen molar-refractivity contribution >= 4 is 5.91 Å². The third-order valence-electron chi connectivity index (χ3n) is 2.94. The Bertz CT molecular complexity index is 229. The molecule has 4 nitrogen and oxygen atoms in total. The first-order valence-electron chi connectivity index (χ1n) is 6.72. The number of nitrogens with one attached hydrogen (secondary N) is 2. The number of amides is 1. The van der Waals surface area contributed by atoms with E-state index in [9.17, 15) is 4.79 Å². The molecule has 0 saturated carbocycles. The lowest BCUT2D eigenvalue weighted by atomic mass is 10.1. The van der Waals surface area contributed by atoms with Gasteiger partial charge in [0.25, 0.3) is 0 Å². The second-order valence-corrected chi connectivity index (χ2v) is 5.80. The van der Waals surface area contributed by atoms with Crippen molar-refractivity contribution in [2.24, 2.45) is 0 Å². The van der Waals surface area contributed by atoms with E-state index in [1.54, 1.807) is 0 Å². The maximum atomic E-state index is 11.8. The van der Waals surface area contributed by atoms with Crippen molar-refractivity contribution in [3.63, 3.8) is 0 Å². The van der Waals surface area contributed by atoms with E-state index in [1.807, 2.05) is 4.90 Å². The predicted octanol–water partition coefficient (Wildman–Crippen LogP) is 0.977. The Morgan fingerprint density at radius 2 is 1.76 bits per heavy atom. The van der Waals surface area contributed by atoms with E-state index in [0.29, 0.717) is 6.54 Å². The Kier molecular flexibility index (Phi) is 5.92. The number of nitrogens with zero attached hydrogens (tertiary/aromatic N) is 1. The largest absolute Gasteiger partial charge is 0.342 e. The lowest BCUT2D eigenvalue weighted by Gasteiger charge is -2.27. The molecule has 1 saturated heterocycles. The maximum absolute atomic E-state index is 11.8. The molecule has 1 aliphatic heterocycles. The van der Waals surface area contributed by atoms with E-state index in [1.165, 1.54) is 6.42 Å². The average molecular weight is 241 g/mol. The lowest BCUT2D eigenvalue weighted by Crippen LogP contribution is -2.44. The highest BCUT2D eigenvalue weighted by Gasteiger charge is 2.15. The molecule has 0 aromatic rings. The topological polar surface area (TPSA) is 44.4 Å². The molecule has 100 valence electrons. The minimum Gasteiger partial charge on any atom is -0.342 e. The highest BCUT2D eigenvalue weighted by molar-refractivity contribution is 5.78. The van der Waals surface area contributed by atoms with E-state index in [2.05, 4.69) is 31.4 Å². The molecule has 0 aromatic carbocycles. The van der Waals surface area contributed by atoms with Gasteiger partial charge in [-0.25, -0.2) is 0 Å². The van der Waals surface area contributed by atoms with Gasteiger partial charge in [-0.15, -0.1) is 0 Å². The normalized spacial score (nSPS) is 17.2.